The van der Waals surface area contributed by atoms with E-state index in [0.29, 0.717) is 12.1 Å². The molecule has 150 valence electrons. The summed E-state index contributed by atoms with van der Waals surface area (Å²) < 4.78 is 1.41. The number of aryl methyl sites for hydroxylation is 1. The van der Waals surface area contributed by atoms with Crippen LogP contribution in [0.25, 0.3) is 0 Å². The van der Waals surface area contributed by atoms with E-state index in [9.17, 15) is 4.79 Å². The van der Waals surface area contributed by atoms with Crippen LogP contribution in [-0.2, 0) is 13.6 Å². The minimum Gasteiger partial charge on any atom is -0.363 e. The van der Waals surface area contributed by atoms with Gasteiger partial charge in [-0.3, -0.25) is 9.69 Å². The lowest BCUT2D eigenvalue weighted by Gasteiger charge is -2.39. The number of likely N-dealkylation sites (tertiary alicyclic amines) is 1. The van der Waals surface area contributed by atoms with Gasteiger partial charge in [0.25, 0.3) is 5.56 Å². The second-order valence-electron chi connectivity index (χ2n) is 8.06. The van der Waals surface area contributed by atoms with Crippen molar-refractivity contribution in [2.45, 2.75) is 44.3 Å². The number of anilines is 2. The Hall–Kier alpha value is -2.48. The summed E-state index contributed by atoms with van der Waals surface area (Å²) in [5.74, 6) is 2.01. The standard InChI is InChI=1S/C20H29N7O/c1-24(2)18-12-19(22-14-21-18)27(16-5-6-16)17-8-10-26(11-9-17)13-15-4-7-20(28)25(3)23-15/h4,7,12,14,16-17H,5-6,8-11,13H2,1-3H3. The second kappa shape index (κ2) is 7.87. The normalized spacial score (nSPS) is 18.2. The Morgan fingerprint density at radius 1 is 1.04 bits per heavy atom. The average Bonchev–Trinajstić information content (AvgIpc) is 3.52. The van der Waals surface area contributed by atoms with Gasteiger partial charge >= 0.3 is 0 Å². The predicted molar refractivity (Wildman–Crippen MR) is 110 cm³/mol. The highest BCUT2D eigenvalue weighted by Gasteiger charge is 2.36. The molecule has 0 N–H and O–H groups in total. The lowest BCUT2D eigenvalue weighted by Crippen LogP contribution is -2.46. The fourth-order valence-electron chi connectivity index (χ4n) is 3.97. The molecule has 2 aliphatic rings. The number of rotatable bonds is 6. The van der Waals surface area contributed by atoms with E-state index in [0.717, 1.165) is 49.8 Å². The molecule has 0 unspecified atom stereocenters. The minimum atomic E-state index is -0.0653. The zero-order valence-corrected chi connectivity index (χ0v) is 17.0. The van der Waals surface area contributed by atoms with Crippen LogP contribution in [0.3, 0.4) is 0 Å². The Morgan fingerprint density at radius 2 is 1.71 bits per heavy atom. The number of aromatic nitrogens is 4. The number of piperidine rings is 1. The van der Waals surface area contributed by atoms with Crippen LogP contribution in [0.4, 0.5) is 11.6 Å². The summed E-state index contributed by atoms with van der Waals surface area (Å²) in [6.07, 6.45) is 6.42. The quantitative estimate of drug-likeness (QED) is 0.744. The van der Waals surface area contributed by atoms with Crippen LogP contribution in [0.15, 0.2) is 29.3 Å². The molecule has 2 aromatic heterocycles. The zero-order chi connectivity index (χ0) is 19.7. The largest absolute Gasteiger partial charge is 0.363 e. The predicted octanol–water partition coefficient (Wildman–Crippen LogP) is 1.27. The van der Waals surface area contributed by atoms with E-state index in [2.05, 4.69) is 30.9 Å². The van der Waals surface area contributed by atoms with Gasteiger partial charge in [-0.25, -0.2) is 14.6 Å². The van der Waals surface area contributed by atoms with Gasteiger partial charge < -0.3 is 9.80 Å². The lowest BCUT2D eigenvalue weighted by molar-refractivity contribution is 0.197. The van der Waals surface area contributed by atoms with Crippen LogP contribution in [0, 0.1) is 0 Å². The Kier molecular flexibility index (Phi) is 5.30. The highest BCUT2D eigenvalue weighted by Crippen LogP contribution is 2.36. The van der Waals surface area contributed by atoms with Crippen molar-refractivity contribution in [3.05, 3.63) is 40.6 Å². The van der Waals surface area contributed by atoms with Crippen molar-refractivity contribution in [3.8, 4) is 0 Å². The summed E-state index contributed by atoms with van der Waals surface area (Å²) in [5.41, 5.74) is 0.885. The maximum atomic E-state index is 11.5. The molecule has 2 fully saturated rings. The maximum Gasteiger partial charge on any atom is 0.266 e. The molecule has 8 nitrogen and oxygen atoms in total. The average molecular weight is 384 g/mol. The molecule has 1 aliphatic carbocycles. The second-order valence-corrected chi connectivity index (χ2v) is 8.06. The van der Waals surface area contributed by atoms with Crippen molar-refractivity contribution >= 4 is 11.6 Å². The Balaban J connectivity index is 1.42. The molecule has 0 bridgehead atoms. The summed E-state index contributed by atoms with van der Waals surface area (Å²) in [7, 11) is 5.73. The van der Waals surface area contributed by atoms with Crippen molar-refractivity contribution in [1.82, 2.24) is 24.6 Å². The summed E-state index contributed by atoms with van der Waals surface area (Å²) in [6, 6.07) is 6.68. The van der Waals surface area contributed by atoms with Gasteiger partial charge in [0.15, 0.2) is 0 Å². The molecule has 0 aromatic carbocycles. The third kappa shape index (κ3) is 4.16. The van der Waals surface area contributed by atoms with Gasteiger partial charge in [-0.05, 0) is 31.7 Å². The third-order valence-electron chi connectivity index (χ3n) is 5.65. The Morgan fingerprint density at radius 3 is 2.36 bits per heavy atom. The van der Waals surface area contributed by atoms with Gasteiger partial charge in [-0.1, -0.05) is 0 Å². The highest BCUT2D eigenvalue weighted by molar-refractivity contribution is 5.51. The molecular formula is C20H29N7O. The fraction of sp³-hybridized carbons (Fsp3) is 0.600. The third-order valence-corrected chi connectivity index (χ3v) is 5.65. The maximum absolute atomic E-state index is 11.5. The smallest absolute Gasteiger partial charge is 0.266 e. The SMILES string of the molecule is CN(C)c1cc(N(C2CC2)C2CCN(Cc3ccc(=O)n(C)n3)CC2)ncn1. The number of nitrogens with zero attached hydrogens (tertiary/aromatic N) is 7. The van der Waals surface area contributed by atoms with Gasteiger partial charge in [0, 0.05) is 65.0 Å². The Labute approximate surface area is 165 Å². The van der Waals surface area contributed by atoms with Crippen molar-refractivity contribution in [2.24, 2.45) is 7.05 Å². The van der Waals surface area contributed by atoms with E-state index in [4.69, 9.17) is 0 Å². The lowest BCUT2D eigenvalue weighted by atomic mass is 10.0. The van der Waals surface area contributed by atoms with Crippen LogP contribution in [-0.4, -0.2) is 63.9 Å². The molecule has 3 heterocycles. The summed E-state index contributed by atoms with van der Waals surface area (Å²) in [5, 5.41) is 4.36. The van der Waals surface area contributed by atoms with Crippen molar-refractivity contribution < 1.29 is 0 Å². The van der Waals surface area contributed by atoms with Gasteiger partial charge in [-0.15, -0.1) is 0 Å². The molecule has 0 atom stereocenters. The molecule has 0 radical (unpaired) electrons. The van der Waals surface area contributed by atoms with E-state index >= 15 is 0 Å². The molecule has 0 amide bonds. The number of hydrogen-bond acceptors (Lipinski definition) is 7. The minimum absolute atomic E-state index is 0.0653. The van der Waals surface area contributed by atoms with Gasteiger partial charge in [0.1, 0.15) is 18.0 Å². The van der Waals surface area contributed by atoms with E-state index < -0.39 is 0 Å². The molecule has 1 saturated heterocycles. The fourth-order valence-corrected chi connectivity index (χ4v) is 3.97. The van der Waals surface area contributed by atoms with Gasteiger partial charge in [0.2, 0.25) is 0 Å². The summed E-state index contributed by atoms with van der Waals surface area (Å²) in [4.78, 5) is 27.5. The molecule has 28 heavy (non-hydrogen) atoms. The molecule has 1 saturated carbocycles. The zero-order valence-electron chi connectivity index (χ0n) is 17.0. The molecule has 0 spiro atoms. The van der Waals surface area contributed by atoms with E-state index in [1.54, 1.807) is 19.4 Å². The summed E-state index contributed by atoms with van der Waals surface area (Å²) in [6.45, 7) is 2.86. The number of hydrogen-bond donors (Lipinski definition) is 0. The van der Waals surface area contributed by atoms with Crippen LogP contribution in [0.1, 0.15) is 31.4 Å². The summed E-state index contributed by atoms with van der Waals surface area (Å²) >= 11 is 0. The Bertz CT molecular complexity index is 869. The first-order valence-electron chi connectivity index (χ1n) is 10.0. The van der Waals surface area contributed by atoms with E-state index in [-0.39, 0.29) is 5.56 Å². The van der Waals surface area contributed by atoms with Gasteiger partial charge in [0.05, 0.1) is 5.69 Å². The molecular weight excluding hydrogens is 354 g/mol. The van der Waals surface area contributed by atoms with Crippen molar-refractivity contribution in [3.63, 3.8) is 0 Å². The van der Waals surface area contributed by atoms with Crippen molar-refractivity contribution in [1.29, 1.82) is 0 Å². The van der Waals surface area contributed by atoms with Crippen LogP contribution in [0.5, 0.6) is 0 Å². The van der Waals surface area contributed by atoms with Crippen LogP contribution in [0.2, 0.25) is 0 Å². The monoisotopic (exact) mass is 383 g/mol. The van der Waals surface area contributed by atoms with Crippen LogP contribution >= 0.6 is 0 Å². The van der Waals surface area contributed by atoms with Gasteiger partial charge in [-0.2, -0.15) is 5.10 Å². The highest BCUT2D eigenvalue weighted by atomic mass is 16.1. The van der Waals surface area contributed by atoms with E-state index in [1.165, 1.54) is 17.5 Å². The van der Waals surface area contributed by atoms with Crippen molar-refractivity contribution in [2.75, 3.05) is 37.0 Å². The molecule has 1 aliphatic heterocycles. The molecule has 8 heteroatoms. The molecule has 4 rings (SSSR count). The first kappa shape index (κ1) is 18.9. The topological polar surface area (TPSA) is 70.4 Å². The van der Waals surface area contributed by atoms with E-state index in [1.807, 2.05) is 25.1 Å². The van der Waals surface area contributed by atoms with Crippen LogP contribution < -0.4 is 15.4 Å². The molecule has 2 aromatic rings. The first-order chi connectivity index (χ1) is 13.5. The first-order valence-corrected chi connectivity index (χ1v) is 10.0.